The molecule has 2 saturated heterocycles. The molecule has 26 heavy (non-hydrogen) atoms. The number of piperidine rings is 1. The molecule has 0 radical (unpaired) electrons. The average Bonchev–Trinajstić information content (AvgIpc) is 3.10. The van der Waals surface area contributed by atoms with Crippen molar-refractivity contribution >= 4 is 10.0 Å². The molecule has 1 atom stereocenters. The summed E-state index contributed by atoms with van der Waals surface area (Å²) in [4.78, 5) is 4.92. The summed E-state index contributed by atoms with van der Waals surface area (Å²) in [6.07, 6.45) is 3.36. The minimum atomic E-state index is -3.08. The molecule has 7 nitrogen and oxygen atoms in total. The standard InChI is InChI=1S/C18H27N3O4S/c1-26(22,23)21-6-2-3-16(13-21)20-9-7-19(8-10-20)12-15-4-5-17-18(11-15)25-14-24-17/h4-5,11,16H,2-3,6-10,12-14H2,1H3/t16-/m1/s1. The Labute approximate surface area is 155 Å². The van der Waals surface area contributed by atoms with Gasteiger partial charge < -0.3 is 9.47 Å². The van der Waals surface area contributed by atoms with Crippen molar-refractivity contribution in [2.45, 2.75) is 25.4 Å². The second kappa shape index (κ2) is 7.34. The normalized spacial score (nSPS) is 25.5. The first-order valence-corrected chi connectivity index (χ1v) is 11.1. The van der Waals surface area contributed by atoms with Crippen LogP contribution in [0.3, 0.4) is 0 Å². The number of hydrogen-bond acceptors (Lipinski definition) is 6. The highest BCUT2D eigenvalue weighted by molar-refractivity contribution is 7.88. The Hall–Kier alpha value is -1.35. The van der Waals surface area contributed by atoms with E-state index in [0.717, 1.165) is 57.1 Å². The van der Waals surface area contributed by atoms with Crippen LogP contribution >= 0.6 is 0 Å². The largest absolute Gasteiger partial charge is 0.454 e. The summed E-state index contributed by atoms with van der Waals surface area (Å²) >= 11 is 0. The molecule has 0 unspecified atom stereocenters. The third kappa shape index (κ3) is 3.98. The van der Waals surface area contributed by atoms with Gasteiger partial charge in [0, 0.05) is 51.9 Å². The van der Waals surface area contributed by atoms with Gasteiger partial charge in [-0.3, -0.25) is 9.80 Å². The summed E-state index contributed by atoms with van der Waals surface area (Å²) < 4.78 is 36.1. The summed E-state index contributed by atoms with van der Waals surface area (Å²) in [5.41, 5.74) is 1.24. The van der Waals surface area contributed by atoms with Crippen molar-refractivity contribution in [3.63, 3.8) is 0 Å². The van der Waals surface area contributed by atoms with E-state index in [4.69, 9.17) is 9.47 Å². The smallest absolute Gasteiger partial charge is 0.231 e. The third-order valence-corrected chi connectivity index (χ3v) is 6.86. The van der Waals surface area contributed by atoms with E-state index in [9.17, 15) is 8.42 Å². The van der Waals surface area contributed by atoms with E-state index in [1.54, 1.807) is 4.31 Å². The number of fused-ring (bicyclic) bond motifs is 1. The molecule has 0 spiro atoms. The van der Waals surface area contributed by atoms with Gasteiger partial charge in [-0.05, 0) is 30.5 Å². The van der Waals surface area contributed by atoms with E-state index in [-0.39, 0.29) is 0 Å². The lowest BCUT2D eigenvalue weighted by atomic mass is 10.0. The van der Waals surface area contributed by atoms with Gasteiger partial charge in [-0.1, -0.05) is 6.07 Å². The second-order valence-corrected chi connectivity index (χ2v) is 9.40. The zero-order chi connectivity index (χ0) is 18.1. The molecule has 0 amide bonds. The van der Waals surface area contributed by atoms with Crippen LogP contribution in [-0.4, -0.2) is 80.9 Å². The maximum atomic E-state index is 11.8. The minimum absolute atomic E-state index is 0.309. The van der Waals surface area contributed by atoms with E-state index in [0.29, 0.717) is 25.9 Å². The fourth-order valence-corrected chi connectivity index (χ4v) is 5.01. The highest BCUT2D eigenvalue weighted by Gasteiger charge is 2.31. The van der Waals surface area contributed by atoms with E-state index in [1.807, 2.05) is 6.07 Å². The van der Waals surface area contributed by atoms with Gasteiger partial charge in [0.15, 0.2) is 11.5 Å². The van der Waals surface area contributed by atoms with Crippen molar-refractivity contribution < 1.29 is 17.9 Å². The highest BCUT2D eigenvalue weighted by Crippen LogP contribution is 2.33. The van der Waals surface area contributed by atoms with Crippen LogP contribution in [0.1, 0.15) is 18.4 Å². The quantitative estimate of drug-likeness (QED) is 0.774. The monoisotopic (exact) mass is 381 g/mol. The Kier molecular flexibility index (Phi) is 5.09. The van der Waals surface area contributed by atoms with Crippen LogP contribution in [0.2, 0.25) is 0 Å². The highest BCUT2D eigenvalue weighted by atomic mass is 32.2. The summed E-state index contributed by atoms with van der Waals surface area (Å²) in [6.45, 7) is 6.52. The Morgan fingerprint density at radius 2 is 1.85 bits per heavy atom. The predicted octanol–water partition coefficient (Wildman–Crippen LogP) is 0.957. The molecule has 0 aliphatic carbocycles. The summed E-state index contributed by atoms with van der Waals surface area (Å²) in [6, 6.07) is 6.51. The van der Waals surface area contributed by atoms with Crippen molar-refractivity contribution in [1.82, 2.24) is 14.1 Å². The average molecular weight is 381 g/mol. The number of hydrogen-bond donors (Lipinski definition) is 0. The molecule has 3 aliphatic rings. The van der Waals surface area contributed by atoms with Crippen LogP contribution in [0.15, 0.2) is 18.2 Å². The molecule has 4 rings (SSSR count). The van der Waals surface area contributed by atoms with E-state index >= 15 is 0 Å². The van der Waals surface area contributed by atoms with Gasteiger partial charge in [0.05, 0.1) is 6.26 Å². The summed E-state index contributed by atoms with van der Waals surface area (Å²) in [5, 5.41) is 0. The Morgan fingerprint density at radius 3 is 2.62 bits per heavy atom. The molecule has 0 aromatic heterocycles. The number of sulfonamides is 1. The second-order valence-electron chi connectivity index (χ2n) is 7.42. The van der Waals surface area contributed by atoms with Crippen molar-refractivity contribution in [3.05, 3.63) is 23.8 Å². The van der Waals surface area contributed by atoms with Gasteiger partial charge in [0.25, 0.3) is 0 Å². The molecule has 144 valence electrons. The molecule has 3 heterocycles. The fourth-order valence-electron chi connectivity index (χ4n) is 4.10. The number of rotatable bonds is 4. The molecule has 2 fully saturated rings. The van der Waals surface area contributed by atoms with E-state index in [1.165, 1.54) is 11.8 Å². The molecule has 3 aliphatic heterocycles. The van der Waals surface area contributed by atoms with Gasteiger partial charge in [-0.2, -0.15) is 0 Å². The van der Waals surface area contributed by atoms with Crippen LogP contribution in [0.5, 0.6) is 11.5 Å². The summed E-state index contributed by atoms with van der Waals surface area (Å²) in [5.74, 6) is 1.66. The molecular formula is C18H27N3O4S. The van der Waals surface area contributed by atoms with E-state index < -0.39 is 10.0 Å². The SMILES string of the molecule is CS(=O)(=O)N1CCC[C@@H](N2CCN(Cc3ccc4c(c3)OCO4)CC2)C1. The van der Waals surface area contributed by atoms with Crippen molar-refractivity contribution in [3.8, 4) is 11.5 Å². The molecule has 0 saturated carbocycles. The van der Waals surface area contributed by atoms with Crippen LogP contribution in [0, 0.1) is 0 Å². The lowest BCUT2D eigenvalue weighted by Gasteiger charge is -2.42. The lowest BCUT2D eigenvalue weighted by molar-refractivity contribution is 0.0676. The van der Waals surface area contributed by atoms with Crippen LogP contribution in [0.4, 0.5) is 0 Å². The van der Waals surface area contributed by atoms with Crippen molar-refractivity contribution in [1.29, 1.82) is 0 Å². The van der Waals surface area contributed by atoms with Gasteiger partial charge in [-0.25, -0.2) is 12.7 Å². The fraction of sp³-hybridized carbons (Fsp3) is 0.667. The van der Waals surface area contributed by atoms with Crippen LogP contribution < -0.4 is 9.47 Å². The molecule has 1 aromatic rings. The van der Waals surface area contributed by atoms with Crippen molar-refractivity contribution in [2.75, 3.05) is 52.3 Å². The molecular weight excluding hydrogens is 354 g/mol. The molecule has 0 N–H and O–H groups in total. The van der Waals surface area contributed by atoms with E-state index in [2.05, 4.69) is 21.9 Å². The van der Waals surface area contributed by atoms with Gasteiger partial charge in [-0.15, -0.1) is 0 Å². The summed E-state index contributed by atoms with van der Waals surface area (Å²) in [7, 11) is -3.08. The Balaban J connectivity index is 1.30. The number of benzene rings is 1. The zero-order valence-electron chi connectivity index (χ0n) is 15.3. The first-order chi connectivity index (χ1) is 12.5. The maximum Gasteiger partial charge on any atom is 0.231 e. The predicted molar refractivity (Wildman–Crippen MR) is 98.9 cm³/mol. The Bertz CT molecular complexity index is 747. The Morgan fingerprint density at radius 1 is 1.08 bits per heavy atom. The van der Waals surface area contributed by atoms with Crippen molar-refractivity contribution in [2.24, 2.45) is 0 Å². The van der Waals surface area contributed by atoms with Gasteiger partial charge >= 0.3 is 0 Å². The maximum absolute atomic E-state index is 11.8. The molecule has 8 heteroatoms. The zero-order valence-corrected chi connectivity index (χ0v) is 16.1. The number of piperazine rings is 1. The minimum Gasteiger partial charge on any atom is -0.454 e. The third-order valence-electron chi connectivity index (χ3n) is 5.59. The van der Waals surface area contributed by atoms with Gasteiger partial charge in [0.1, 0.15) is 0 Å². The van der Waals surface area contributed by atoms with Gasteiger partial charge in [0.2, 0.25) is 16.8 Å². The first kappa shape index (κ1) is 18.0. The number of ether oxygens (including phenoxy) is 2. The topological polar surface area (TPSA) is 62.3 Å². The lowest BCUT2D eigenvalue weighted by Crippen LogP contribution is -2.55. The van der Waals surface area contributed by atoms with Crippen LogP contribution in [0.25, 0.3) is 0 Å². The first-order valence-electron chi connectivity index (χ1n) is 9.29. The van der Waals surface area contributed by atoms with Crippen LogP contribution in [-0.2, 0) is 16.6 Å². The number of nitrogens with zero attached hydrogens (tertiary/aromatic N) is 3. The molecule has 1 aromatic carbocycles. The molecule has 0 bridgehead atoms.